The second kappa shape index (κ2) is 9.88. The number of ether oxygens (including phenoxy) is 1. The summed E-state index contributed by atoms with van der Waals surface area (Å²) in [6, 6.07) is 31.2. The van der Waals surface area contributed by atoms with Gasteiger partial charge in [-0.2, -0.15) is 0 Å². The maximum Gasteiger partial charge on any atom is 0.289 e. The largest absolute Gasteiger partial charge is 0.381 e. The number of piperidine rings is 1. The van der Waals surface area contributed by atoms with Crippen LogP contribution in [-0.2, 0) is 10.3 Å². The predicted molar refractivity (Wildman–Crippen MR) is 138 cm³/mol. The van der Waals surface area contributed by atoms with E-state index in [-0.39, 0.29) is 12.0 Å². The van der Waals surface area contributed by atoms with E-state index in [0.717, 1.165) is 35.2 Å². The zero-order chi connectivity index (χ0) is 24.3. The van der Waals surface area contributed by atoms with Crippen LogP contribution in [-0.4, -0.2) is 46.7 Å². The molecule has 4 aromatic rings. The first-order chi connectivity index (χ1) is 17.2. The molecule has 0 bridgehead atoms. The van der Waals surface area contributed by atoms with Gasteiger partial charge >= 0.3 is 0 Å². The minimum atomic E-state index is -0.764. The van der Waals surface area contributed by atoms with Crippen LogP contribution in [0.1, 0.15) is 45.8 Å². The summed E-state index contributed by atoms with van der Waals surface area (Å²) in [5, 5.41) is 0. The highest BCUT2D eigenvalue weighted by Gasteiger charge is 2.42. The fourth-order valence-electron chi connectivity index (χ4n) is 5.37. The van der Waals surface area contributed by atoms with Crippen molar-refractivity contribution in [2.75, 3.05) is 20.2 Å². The number of rotatable bonds is 6. The van der Waals surface area contributed by atoms with Gasteiger partial charge in [0, 0.05) is 32.1 Å². The molecule has 2 heterocycles. The van der Waals surface area contributed by atoms with Crippen molar-refractivity contribution in [1.82, 2.24) is 14.5 Å². The lowest BCUT2D eigenvalue weighted by atomic mass is 9.76. The molecule has 1 aromatic heterocycles. The highest BCUT2D eigenvalue weighted by molar-refractivity contribution is 5.91. The van der Waals surface area contributed by atoms with Gasteiger partial charge in [-0.15, -0.1) is 0 Å². The third kappa shape index (κ3) is 4.06. The maximum absolute atomic E-state index is 14.0. The smallest absolute Gasteiger partial charge is 0.289 e. The molecule has 178 valence electrons. The van der Waals surface area contributed by atoms with E-state index in [1.807, 2.05) is 36.2 Å². The molecule has 5 rings (SSSR count). The Balaban J connectivity index is 1.75. The number of aryl methyl sites for hydroxylation is 1. The minimum absolute atomic E-state index is 0.0418. The molecule has 0 spiro atoms. The van der Waals surface area contributed by atoms with Crippen LogP contribution in [0.5, 0.6) is 0 Å². The Labute approximate surface area is 207 Å². The van der Waals surface area contributed by atoms with E-state index in [9.17, 15) is 4.79 Å². The summed E-state index contributed by atoms with van der Waals surface area (Å²) in [6.07, 6.45) is 3.70. The monoisotopic (exact) mass is 465 g/mol. The molecule has 0 saturated carbocycles. The summed E-state index contributed by atoms with van der Waals surface area (Å²) >= 11 is 0. The van der Waals surface area contributed by atoms with E-state index in [1.165, 1.54) is 0 Å². The number of hydrogen-bond donors (Lipinski definition) is 0. The molecule has 0 atom stereocenters. The van der Waals surface area contributed by atoms with Crippen molar-refractivity contribution in [3.63, 3.8) is 0 Å². The van der Waals surface area contributed by atoms with Crippen LogP contribution in [0.2, 0.25) is 0 Å². The molecule has 1 saturated heterocycles. The maximum atomic E-state index is 14.0. The van der Waals surface area contributed by atoms with E-state index in [2.05, 4.69) is 77.4 Å². The zero-order valence-electron chi connectivity index (χ0n) is 20.3. The van der Waals surface area contributed by atoms with Crippen molar-refractivity contribution in [2.45, 2.75) is 31.4 Å². The first kappa shape index (κ1) is 23.1. The second-order valence-electron chi connectivity index (χ2n) is 9.09. The molecule has 5 heteroatoms. The molecule has 35 heavy (non-hydrogen) atoms. The Hall–Kier alpha value is -3.70. The van der Waals surface area contributed by atoms with E-state index >= 15 is 0 Å². The lowest BCUT2D eigenvalue weighted by molar-refractivity contribution is 0.0340. The summed E-state index contributed by atoms with van der Waals surface area (Å²) in [7, 11) is 1.74. The standard InChI is InChI=1S/C30H31N3O2/c1-23-22-31-28(29(34)32-20-18-27(35-2)19-21-32)33(23)30(24-12-6-3-7-13-24,25-14-8-4-9-15-25)26-16-10-5-11-17-26/h3-17,22,27H,18-21H2,1-2H3. The Bertz CT molecular complexity index is 1160. The molecule has 1 fully saturated rings. The minimum Gasteiger partial charge on any atom is -0.381 e. The Morgan fingerprint density at radius 2 is 1.29 bits per heavy atom. The molecule has 5 nitrogen and oxygen atoms in total. The molecular formula is C30H31N3O2. The zero-order valence-corrected chi connectivity index (χ0v) is 20.3. The summed E-state index contributed by atoms with van der Waals surface area (Å²) < 4.78 is 7.66. The normalized spacial score (nSPS) is 14.7. The number of imidazole rings is 1. The van der Waals surface area contributed by atoms with E-state index in [0.29, 0.717) is 18.9 Å². The van der Waals surface area contributed by atoms with Gasteiger partial charge in [0.15, 0.2) is 0 Å². The number of hydrogen-bond acceptors (Lipinski definition) is 3. The van der Waals surface area contributed by atoms with E-state index in [1.54, 1.807) is 7.11 Å². The van der Waals surface area contributed by atoms with Crippen molar-refractivity contribution in [1.29, 1.82) is 0 Å². The summed E-state index contributed by atoms with van der Waals surface area (Å²) in [4.78, 5) is 20.6. The number of likely N-dealkylation sites (tertiary alicyclic amines) is 1. The van der Waals surface area contributed by atoms with Gasteiger partial charge in [-0.3, -0.25) is 4.79 Å². The van der Waals surface area contributed by atoms with Gasteiger partial charge in [0.1, 0.15) is 5.54 Å². The number of aromatic nitrogens is 2. The number of benzene rings is 3. The van der Waals surface area contributed by atoms with Crippen LogP contribution in [0.3, 0.4) is 0 Å². The Morgan fingerprint density at radius 3 is 1.71 bits per heavy atom. The number of methoxy groups -OCH3 is 1. The molecule has 0 N–H and O–H groups in total. The van der Waals surface area contributed by atoms with Gasteiger partial charge < -0.3 is 14.2 Å². The second-order valence-corrected chi connectivity index (χ2v) is 9.09. The van der Waals surface area contributed by atoms with Crippen molar-refractivity contribution in [3.05, 3.63) is 125 Å². The average Bonchev–Trinajstić information content (AvgIpc) is 3.32. The van der Waals surface area contributed by atoms with Gasteiger partial charge in [-0.05, 0) is 36.5 Å². The molecule has 1 amide bonds. The molecule has 0 radical (unpaired) electrons. The van der Waals surface area contributed by atoms with Crippen LogP contribution < -0.4 is 0 Å². The SMILES string of the molecule is COC1CCN(C(=O)c2ncc(C)n2C(c2ccccc2)(c2ccccc2)c2ccccc2)CC1. The lowest BCUT2D eigenvalue weighted by Crippen LogP contribution is -2.45. The topological polar surface area (TPSA) is 47.4 Å². The van der Waals surface area contributed by atoms with Gasteiger partial charge in [0.05, 0.1) is 6.10 Å². The van der Waals surface area contributed by atoms with Crippen molar-refractivity contribution >= 4 is 5.91 Å². The molecule has 1 aliphatic heterocycles. The molecule has 0 unspecified atom stereocenters. The van der Waals surface area contributed by atoms with E-state index < -0.39 is 5.54 Å². The summed E-state index contributed by atoms with van der Waals surface area (Å²) in [5.41, 5.74) is 3.39. The quantitative estimate of drug-likeness (QED) is 0.364. The first-order valence-corrected chi connectivity index (χ1v) is 12.2. The number of nitrogens with zero attached hydrogens (tertiary/aromatic N) is 3. The third-order valence-corrected chi connectivity index (χ3v) is 7.10. The highest BCUT2D eigenvalue weighted by atomic mass is 16.5. The van der Waals surface area contributed by atoms with Gasteiger partial charge in [0.25, 0.3) is 5.91 Å². The van der Waals surface area contributed by atoms with Crippen LogP contribution >= 0.6 is 0 Å². The highest BCUT2D eigenvalue weighted by Crippen LogP contribution is 2.42. The molecule has 3 aromatic carbocycles. The average molecular weight is 466 g/mol. The lowest BCUT2D eigenvalue weighted by Gasteiger charge is -2.40. The van der Waals surface area contributed by atoms with Crippen molar-refractivity contribution in [3.8, 4) is 0 Å². The van der Waals surface area contributed by atoms with Crippen LogP contribution in [0, 0.1) is 6.92 Å². The molecular weight excluding hydrogens is 434 g/mol. The Morgan fingerprint density at radius 1 is 0.829 bits per heavy atom. The van der Waals surface area contributed by atoms with Gasteiger partial charge in [-0.25, -0.2) is 4.98 Å². The summed E-state index contributed by atoms with van der Waals surface area (Å²) in [5.74, 6) is 0.412. The number of carbonyl (C=O) groups is 1. The number of amides is 1. The number of carbonyl (C=O) groups excluding carboxylic acids is 1. The van der Waals surface area contributed by atoms with Crippen LogP contribution in [0.15, 0.2) is 97.2 Å². The third-order valence-electron chi connectivity index (χ3n) is 7.10. The van der Waals surface area contributed by atoms with E-state index in [4.69, 9.17) is 9.72 Å². The van der Waals surface area contributed by atoms with Crippen LogP contribution in [0.25, 0.3) is 0 Å². The predicted octanol–water partition coefficient (Wildman–Crippen LogP) is 5.28. The first-order valence-electron chi connectivity index (χ1n) is 12.2. The van der Waals surface area contributed by atoms with Crippen molar-refractivity contribution < 1.29 is 9.53 Å². The summed E-state index contributed by atoms with van der Waals surface area (Å²) in [6.45, 7) is 3.36. The van der Waals surface area contributed by atoms with Crippen LogP contribution in [0.4, 0.5) is 0 Å². The Kier molecular flexibility index (Phi) is 6.51. The van der Waals surface area contributed by atoms with Crippen molar-refractivity contribution in [2.24, 2.45) is 0 Å². The van der Waals surface area contributed by atoms with Gasteiger partial charge in [0.2, 0.25) is 5.82 Å². The molecule has 0 aliphatic carbocycles. The fourth-order valence-corrected chi connectivity index (χ4v) is 5.37. The van der Waals surface area contributed by atoms with Gasteiger partial charge in [-0.1, -0.05) is 91.0 Å². The fraction of sp³-hybridized carbons (Fsp3) is 0.267. The molecule has 1 aliphatic rings.